The number of nitrogens with one attached hydrogen (secondary N) is 1. The monoisotopic (exact) mass is 270 g/mol. The van der Waals surface area contributed by atoms with Crippen LogP contribution in [0.15, 0.2) is 24.5 Å². The molecule has 1 unspecified atom stereocenters. The van der Waals surface area contributed by atoms with Gasteiger partial charge in [0.15, 0.2) is 0 Å². The molecule has 82 valence electrons. The van der Waals surface area contributed by atoms with E-state index in [4.69, 9.17) is 0 Å². The van der Waals surface area contributed by atoms with Gasteiger partial charge in [0.2, 0.25) is 0 Å². The van der Waals surface area contributed by atoms with Crippen LogP contribution < -0.4 is 5.32 Å². The molecule has 1 N–H and O–H groups in total. The second-order valence-electron chi connectivity index (χ2n) is 3.29. The van der Waals surface area contributed by atoms with Crippen molar-refractivity contribution in [3.8, 4) is 0 Å². The Kier molecular flexibility index (Phi) is 5.32. The normalized spacial score (nSPS) is 12.1. The van der Waals surface area contributed by atoms with Crippen LogP contribution in [0.3, 0.4) is 0 Å². The average Bonchev–Trinajstić information content (AvgIpc) is 2.29. The Labute approximate surface area is 98.4 Å². The first kappa shape index (κ1) is 12.2. The second kappa shape index (κ2) is 6.56. The Balaban J connectivity index is 2.31. The highest BCUT2D eigenvalue weighted by atomic mass is 79.9. The van der Waals surface area contributed by atoms with Gasteiger partial charge in [-0.2, -0.15) is 0 Å². The predicted octanol–water partition coefficient (Wildman–Crippen LogP) is 2.38. The molecule has 1 heterocycles. The number of aromatic nitrogens is 1. The van der Waals surface area contributed by atoms with Gasteiger partial charge < -0.3 is 5.32 Å². The van der Waals surface area contributed by atoms with Crippen LogP contribution in [-0.2, 0) is 0 Å². The van der Waals surface area contributed by atoms with Crippen molar-refractivity contribution in [2.75, 3.05) is 6.54 Å². The zero-order valence-electron chi connectivity index (χ0n) is 8.74. The molecule has 0 aliphatic carbocycles. The summed E-state index contributed by atoms with van der Waals surface area (Å²) >= 11 is 3.52. The van der Waals surface area contributed by atoms with Gasteiger partial charge in [0.25, 0.3) is 5.91 Å². The molecular weight excluding hydrogens is 256 g/mol. The molecule has 0 spiro atoms. The minimum atomic E-state index is -0.0566. The Morgan fingerprint density at radius 2 is 2.47 bits per heavy atom. The van der Waals surface area contributed by atoms with Gasteiger partial charge in [0, 0.05) is 23.8 Å². The summed E-state index contributed by atoms with van der Waals surface area (Å²) in [6.07, 6.45) is 5.24. The molecule has 0 aliphatic heterocycles. The lowest BCUT2D eigenvalue weighted by Gasteiger charge is -2.07. The fourth-order valence-corrected chi connectivity index (χ4v) is 1.37. The molecule has 1 aromatic rings. The number of carbonyl (C=O) groups is 1. The van der Waals surface area contributed by atoms with Crippen LogP contribution >= 0.6 is 15.9 Å². The van der Waals surface area contributed by atoms with Gasteiger partial charge in [-0.1, -0.05) is 22.9 Å². The number of halogens is 1. The minimum absolute atomic E-state index is 0.0566. The third kappa shape index (κ3) is 4.42. The molecule has 0 aliphatic rings. The Bertz CT molecular complexity index is 303. The number of nitrogens with zero attached hydrogens (tertiary/aromatic N) is 1. The molecule has 4 heteroatoms. The summed E-state index contributed by atoms with van der Waals surface area (Å²) in [4.78, 5) is 15.9. The number of pyridine rings is 1. The third-order valence-corrected chi connectivity index (χ3v) is 3.22. The number of amides is 1. The van der Waals surface area contributed by atoms with Crippen molar-refractivity contribution < 1.29 is 4.79 Å². The van der Waals surface area contributed by atoms with Crippen molar-refractivity contribution >= 4 is 21.8 Å². The van der Waals surface area contributed by atoms with Crippen molar-refractivity contribution in [3.05, 3.63) is 30.1 Å². The molecule has 3 nitrogen and oxygen atoms in total. The Hall–Kier alpha value is -0.900. The Morgan fingerprint density at radius 3 is 3.07 bits per heavy atom. The van der Waals surface area contributed by atoms with E-state index in [2.05, 4.69) is 33.2 Å². The van der Waals surface area contributed by atoms with Crippen LogP contribution in [0.2, 0.25) is 0 Å². The molecule has 1 aromatic heterocycles. The van der Waals surface area contributed by atoms with E-state index < -0.39 is 0 Å². The number of hydrogen-bond donors (Lipinski definition) is 1. The molecule has 0 radical (unpaired) electrons. The highest BCUT2D eigenvalue weighted by molar-refractivity contribution is 9.09. The van der Waals surface area contributed by atoms with Gasteiger partial charge in [-0.05, 0) is 25.0 Å². The van der Waals surface area contributed by atoms with E-state index in [0.717, 1.165) is 12.8 Å². The van der Waals surface area contributed by atoms with Gasteiger partial charge in [-0.3, -0.25) is 9.78 Å². The molecule has 0 saturated heterocycles. The van der Waals surface area contributed by atoms with Crippen molar-refractivity contribution in [1.29, 1.82) is 0 Å². The molecule has 0 saturated carbocycles. The van der Waals surface area contributed by atoms with E-state index in [1.807, 2.05) is 0 Å². The van der Waals surface area contributed by atoms with E-state index >= 15 is 0 Å². The summed E-state index contributed by atoms with van der Waals surface area (Å²) in [7, 11) is 0. The summed E-state index contributed by atoms with van der Waals surface area (Å²) in [5.41, 5.74) is 0.611. The molecule has 0 aromatic carbocycles. The highest BCUT2D eigenvalue weighted by Gasteiger charge is 2.05. The number of carbonyl (C=O) groups excluding carboxylic acids is 1. The largest absolute Gasteiger partial charge is 0.352 e. The molecule has 1 atom stereocenters. The Morgan fingerprint density at radius 1 is 1.67 bits per heavy atom. The molecule has 0 bridgehead atoms. The summed E-state index contributed by atoms with van der Waals surface area (Å²) in [5, 5.41) is 2.86. The fraction of sp³-hybridized carbons (Fsp3) is 0.455. The van der Waals surface area contributed by atoms with Crippen LogP contribution in [0.4, 0.5) is 0 Å². The lowest BCUT2D eigenvalue weighted by molar-refractivity contribution is 0.0953. The first-order chi connectivity index (χ1) is 7.24. The van der Waals surface area contributed by atoms with Crippen LogP contribution in [0.5, 0.6) is 0 Å². The van der Waals surface area contributed by atoms with Crippen LogP contribution in [-0.4, -0.2) is 22.3 Å². The van der Waals surface area contributed by atoms with E-state index in [9.17, 15) is 4.79 Å². The lowest BCUT2D eigenvalue weighted by atomic mass is 10.2. The van der Waals surface area contributed by atoms with Crippen molar-refractivity contribution in [2.24, 2.45) is 0 Å². The zero-order valence-corrected chi connectivity index (χ0v) is 10.3. The molecule has 1 amide bonds. The van der Waals surface area contributed by atoms with Crippen LogP contribution in [0.25, 0.3) is 0 Å². The second-order valence-corrected chi connectivity index (χ2v) is 4.59. The molecule has 15 heavy (non-hydrogen) atoms. The summed E-state index contributed by atoms with van der Waals surface area (Å²) < 4.78 is 0. The quantitative estimate of drug-likeness (QED) is 0.835. The van der Waals surface area contributed by atoms with Crippen molar-refractivity contribution in [1.82, 2.24) is 10.3 Å². The van der Waals surface area contributed by atoms with Crippen molar-refractivity contribution in [3.63, 3.8) is 0 Å². The maximum absolute atomic E-state index is 11.5. The third-order valence-electron chi connectivity index (χ3n) is 2.11. The predicted molar refractivity (Wildman–Crippen MR) is 64.2 cm³/mol. The number of alkyl halides is 1. The molecular formula is C11H15BrN2O. The van der Waals surface area contributed by atoms with E-state index in [1.165, 1.54) is 0 Å². The smallest absolute Gasteiger partial charge is 0.252 e. The molecule has 0 fully saturated rings. The van der Waals surface area contributed by atoms with Crippen LogP contribution in [0, 0.1) is 0 Å². The maximum atomic E-state index is 11.5. The van der Waals surface area contributed by atoms with E-state index in [-0.39, 0.29) is 5.91 Å². The SMILES string of the molecule is CCC(Br)CCNC(=O)c1cccnc1. The highest BCUT2D eigenvalue weighted by Crippen LogP contribution is 2.07. The average molecular weight is 271 g/mol. The van der Waals surface area contributed by atoms with Gasteiger partial charge in [0.05, 0.1) is 5.56 Å². The maximum Gasteiger partial charge on any atom is 0.252 e. The summed E-state index contributed by atoms with van der Waals surface area (Å²) in [6.45, 7) is 2.81. The fourth-order valence-electron chi connectivity index (χ4n) is 1.15. The minimum Gasteiger partial charge on any atom is -0.352 e. The van der Waals surface area contributed by atoms with Crippen molar-refractivity contribution in [2.45, 2.75) is 24.6 Å². The standard InChI is InChI=1S/C11H15BrN2O/c1-2-10(12)5-7-14-11(15)9-4-3-6-13-8-9/h3-4,6,8,10H,2,5,7H2,1H3,(H,14,15). The topological polar surface area (TPSA) is 42.0 Å². The summed E-state index contributed by atoms with van der Waals surface area (Å²) in [5.74, 6) is -0.0566. The summed E-state index contributed by atoms with van der Waals surface area (Å²) in [6, 6.07) is 3.52. The zero-order chi connectivity index (χ0) is 11.1. The van der Waals surface area contributed by atoms with Gasteiger partial charge in [-0.15, -0.1) is 0 Å². The lowest BCUT2D eigenvalue weighted by Crippen LogP contribution is -2.26. The first-order valence-corrected chi connectivity index (χ1v) is 5.98. The van der Waals surface area contributed by atoms with E-state index in [0.29, 0.717) is 16.9 Å². The van der Waals surface area contributed by atoms with E-state index in [1.54, 1.807) is 24.5 Å². The van der Waals surface area contributed by atoms with Gasteiger partial charge in [-0.25, -0.2) is 0 Å². The van der Waals surface area contributed by atoms with Gasteiger partial charge in [0.1, 0.15) is 0 Å². The molecule has 1 rings (SSSR count). The van der Waals surface area contributed by atoms with Gasteiger partial charge >= 0.3 is 0 Å². The number of hydrogen-bond acceptors (Lipinski definition) is 2. The number of rotatable bonds is 5. The van der Waals surface area contributed by atoms with Crippen LogP contribution in [0.1, 0.15) is 30.1 Å². The first-order valence-electron chi connectivity index (χ1n) is 5.06.